The van der Waals surface area contributed by atoms with Crippen LogP contribution in [0.3, 0.4) is 0 Å². The SMILES string of the molecule is CCNC(=NCC1(N(C)C)CCOCC1)NCCSc1ccc(Cl)cc1.I. The highest BCUT2D eigenvalue weighted by Gasteiger charge is 2.34. The Kier molecular flexibility index (Phi) is 12.0. The molecule has 0 amide bonds. The first-order valence-electron chi connectivity index (χ1n) is 9.21. The molecule has 0 spiro atoms. The number of halogens is 2. The molecular formula is C19H32ClIN4OS. The van der Waals surface area contributed by atoms with E-state index >= 15 is 0 Å². The number of aliphatic imine (C=N–C) groups is 1. The van der Waals surface area contributed by atoms with Crippen molar-refractivity contribution in [3.05, 3.63) is 29.3 Å². The quantitative estimate of drug-likeness (QED) is 0.178. The van der Waals surface area contributed by atoms with Gasteiger partial charge in [0, 0.05) is 47.5 Å². The van der Waals surface area contributed by atoms with Gasteiger partial charge in [-0.25, -0.2) is 0 Å². The second-order valence-electron chi connectivity index (χ2n) is 6.66. The summed E-state index contributed by atoms with van der Waals surface area (Å²) < 4.78 is 5.54. The Labute approximate surface area is 190 Å². The molecule has 1 fully saturated rings. The maximum absolute atomic E-state index is 5.92. The molecule has 1 heterocycles. The largest absolute Gasteiger partial charge is 0.381 e. The molecule has 0 atom stereocenters. The first-order valence-corrected chi connectivity index (χ1v) is 10.6. The maximum atomic E-state index is 5.92. The number of rotatable bonds is 8. The lowest BCUT2D eigenvalue weighted by Gasteiger charge is -2.41. The van der Waals surface area contributed by atoms with Gasteiger partial charge in [0.25, 0.3) is 0 Å². The summed E-state index contributed by atoms with van der Waals surface area (Å²) in [6.45, 7) is 6.22. The minimum absolute atomic E-state index is 0. The number of hydrogen-bond donors (Lipinski definition) is 2. The molecular weight excluding hydrogens is 495 g/mol. The van der Waals surface area contributed by atoms with E-state index in [4.69, 9.17) is 21.3 Å². The van der Waals surface area contributed by atoms with Gasteiger partial charge in [-0.3, -0.25) is 4.99 Å². The third-order valence-electron chi connectivity index (χ3n) is 4.72. The van der Waals surface area contributed by atoms with Gasteiger partial charge < -0.3 is 20.3 Å². The zero-order valence-corrected chi connectivity index (χ0v) is 20.4. The monoisotopic (exact) mass is 526 g/mol. The van der Waals surface area contributed by atoms with Crippen LogP contribution >= 0.6 is 47.3 Å². The van der Waals surface area contributed by atoms with E-state index < -0.39 is 0 Å². The molecule has 5 nitrogen and oxygen atoms in total. The fourth-order valence-electron chi connectivity index (χ4n) is 2.94. The van der Waals surface area contributed by atoms with Crippen LogP contribution in [0.25, 0.3) is 0 Å². The van der Waals surface area contributed by atoms with Crippen molar-refractivity contribution in [3.63, 3.8) is 0 Å². The molecule has 0 unspecified atom stereocenters. The highest BCUT2D eigenvalue weighted by molar-refractivity contribution is 14.0. The van der Waals surface area contributed by atoms with Gasteiger partial charge in [0.15, 0.2) is 5.96 Å². The molecule has 154 valence electrons. The van der Waals surface area contributed by atoms with Gasteiger partial charge in [-0.2, -0.15) is 0 Å². The Morgan fingerprint density at radius 3 is 2.48 bits per heavy atom. The summed E-state index contributed by atoms with van der Waals surface area (Å²) in [5, 5.41) is 7.56. The zero-order valence-electron chi connectivity index (χ0n) is 16.5. The Morgan fingerprint density at radius 2 is 1.89 bits per heavy atom. The van der Waals surface area contributed by atoms with Crippen LogP contribution in [-0.4, -0.2) is 69.1 Å². The van der Waals surface area contributed by atoms with Crippen molar-refractivity contribution >= 4 is 53.3 Å². The van der Waals surface area contributed by atoms with E-state index in [1.165, 1.54) is 4.90 Å². The smallest absolute Gasteiger partial charge is 0.191 e. The number of benzene rings is 1. The van der Waals surface area contributed by atoms with E-state index in [1.807, 2.05) is 23.9 Å². The second-order valence-corrected chi connectivity index (χ2v) is 8.26. The highest BCUT2D eigenvalue weighted by atomic mass is 127. The molecule has 1 saturated heterocycles. The molecule has 0 bridgehead atoms. The number of nitrogens with one attached hydrogen (secondary N) is 2. The van der Waals surface area contributed by atoms with Gasteiger partial charge in [0.2, 0.25) is 0 Å². The Hall–Kier alpha value is -0.220. The minimum atomic E-state index is 0. The van der Waals surface area contributed by atoms with Crippen LogP contribution in [0.15, 0.2) is 34.2 Å². The van der Waals surface area contributed by atoms with Crippen LogP contribution in [0.4, 0.5) is 0 Å². The lowest BCUT2D eigenvalue weighted by molar-refractivity contribution is -0.00254. The van der Waals surface area contributed by atoms with E-state index in [1.54, 1.807) is 0 Å². The summed E-state index contributed by atoms with van der Waals surface area (Å²) in [5.74, 6) is 1.86. The fourth-order valence-corrected chi connectivity index (χ4v) is 3.83. The third-order valence-corrected chi connectivity index (χ3v) is 5.99. The van der Waals surface area contributed by atoms with Gasteiger partial charge in [0.05, 0.1) is 6.54 Å². The number of nitrogens with zero attached hydrogens (tertiary/aromatic N) is 2. The molecule has 0 saturated carbocycles. The van der Waals surface area contributed by atoms with Crippen LogP contribution < -0.4 is 10.6 Å². The number of thioether (sulfide) groups is 1. The number of guanidine groups is 1. The van der Waals surface area contributed by atoms with Crippen LogP contribution in [0, 0.1) is 0 Å². The molecule has 0 aliphatic carbocycles. The van der Waals surface area contributed by atoms with Gasteiger partial charge in [-0.05, 0) is 58.1 Å². The molecule has 2 N–H and O–H groups in total. The maximum Gasteiger partial charge on any atom is 0.191 e. The van der Waals surface area contributed by atoms with Gasteiger partial charge in [-0.15, -0.1) is 35.7 Å². The van der Waals surface area contributed by atoms with E-state index in [0.717, 1.165) is 62.4 Å². The van der Waals surface area contributed by atoms with Crippen molar-refractivity contribution in [1.82, 2.24) is 15.5 Å². The molecule has 1 aromatic rings. The van der Waals surface area contributed by atoms with Gasteiger partial charge in [-0.1, -0.05) is 11.6 Å². The third kappa shape index (κ3) is 8.35. The Balaban J connectivity index is 0.00000364. The average molecular weight is 527 g/mol. The zero-order chi connectivity index (χ0) is 18.8. The lowest BCUT2D eigenvalue weighted by atomic mass is 9.89. The fraction of sp³-hybridized carbons (Fsp3) is 0.632. The average Bonchev–Trinajstić information content (AvgIpc) is 2.65. The second kappa shape index (κ2) is 13.1. The van der Waals surface area contributed by atoms with Crippen molar-refractivity contribution in [2.45, 2.75) is 30.2 Å². The molecule has 2 rings (SSSR count). The lowest BCUT2D eigenvalue weighted by Crippen LogP contribution is -2.51. The standard InChI is InChI=1S/C19H31ClN4OS.HI/c1-4-21-18(22-11-14-26-17-7-5-16(20)6-8-17)23-15-19(24(2)3)9-12-25-13-10-19;/h5-8H,4,9-15H2,1-3H3,(H2,21,22,23);1H. The summed E-state index contributed by atoms with van der Waals surface area (Å²) >= 11 is 7.74. The van der Waals surface area contributed by atoms with E-state index in [-0.39, 0.29) is 29.5 Å². The van der Waals surface area contributed by atoms with Crippen molar-refractivity contribution in [2.75, 3.05) is 52.7 Å². The summed E-state index contributed by atoms with van der Waals surface area (Å²) in [6.07, 6.45) is 2.05. The number of hydrogen-bond acceptors (Lipinski definition) is 4. The normalized spacial score (nSPS) is 16.7. The number of ether oxygens (including phenoxy) is 1. The molecule has 1 aliphatic heterocycles. The van der Waals surface area contributed by atoms with Gasteiger partial charge >= 0.3 is 0 Å². The van der Waals surface area contributed by atoms with Crippen molar-refractivity contribution in [3.8, 4) is 0 Å². The number of likely N-dealkylation sites (N-methyl/N-ethyl adjacent to an activating group) is 1. The van der Waals surface area contributed by atoms with Crippen LogP contribution in [0.2, 0.25) is 5.02 Å². The van der Waals surface area contributed by atoms with Crippen LogP contribution in [-0.2, 0) is 4.74 Å². The van der Waals surface area contributed by atoms with Crippen molar-refractivity contribution in [2.24, 2.45) is 4.99 Å². The molecule has 0 radical (unpaired) electrons. The molecule has 27 heavy (non-hydrogen) atoms. The summed E-state index contributed by atoms with van der Waals surface area (Å²) in [7, 11) is 4.29. The predicted octanol–water partition coefficient (Wildman–Crippen LogP) is 3.72. The van der Waals surface area contributed by atoms with Crippen LogP contribution in [0.5, 0.6) is 0 Å². The Bertz CT molecular complexity index is 565. The topological polar surface area (TPSA) is 48.9 Å². The van der Waals surface area contributed by atoms with Crippen molar-refractivity contribution in [1.29, 1.82) is 0 Å². The predicted molar refractivity (Wildman–Crippen MR) is 128 cm³/mol. The molecule has 1 aromatic carbocycles. The summed E-state index contributed by atoms with van der Waals surface area (Å²) in [4.78, 5) is 8.39. The Morgan fingerprint density at radius 1 is 1.22 bits per heavy atom. The minimum Gasteiger partial charge on any atom is -0.381 e. The van der Waals surface area contributed by atoms with Crippen molar-refractivity contribution < 1.29 is 4.74 Å². The first kappa shape index (κ1) is 24.8. The molecule has 0 aromatic heterocycles. The highest BCUT2D eigenvalue weighted by Crippen LogP contribution is 2.26. The van der Waals surface area contributed by atoms with E-state index in [2.05, 4.69) is 48.7 Å². The van der Waals surface area contributed by atoms with E-state index in [9.17, 15) is 0 Å². The van der Waals surface area contributed by atoms with Gasteiger partial charge in [0.1, 0.15) is 0 Å². The molecule has 1 aliphatic rings. The first-order chi connectivity index (χ1) is 12.6. The summed E-state index contributed by atoms with van der Waals surface area (Å²) in [6, 6.07) is 7.96. The molecule has 8 heteroatoms. The van der Waals surface area contributed by atoms with Crippen LogP contribution in [0.1, 0.15) is 19.8 Å². The summed E-state index contributed by atoms with van der Waals surface area (Å²) in [5.41, 5.74) is 0.0959. The van der Waals surface area contributed by atoms with E-state index in [0.29, 0.717) is 0 Å².